The maximum Gasteiger partial charge on any atom is 0.291 e. The first-order valence-electron chi connectivity index (χ1n) is 9.85. The summed E-state index contributed by atoms with van der Waals surface area (Å²) in [7, 11) is 3.18. The highest BCUT2D eigenvalue weighted by Gasteiger charge is 2.13. The van der Waals surface area contributed by atoms with Crippen molar-refractivity contribution in [2.45, 2.75) is 13.8 Å². The molecule has 8 heteroatoms. The Kier molecular flexibility index (Phi) is 5.90. The lowest BCUT2D eigenvalue weighted by Crippen LogP contribution is -2.23. The monoisotopic (exact) mass is 437 g/mol. The molecule has 0 aliphatic rings. The predicted molar refractivity (Wildman–Crippen MR) is 121 cm³/mol. The van der Waals surface area contributed by atoms with Gasteiger partial charge in [0.15, 0.2) is 5.82 Å². The summed E-state index contributed by atoms with van der Waals surface area (Å²) < 4.78 is 18.2. The van der Waals surface area contributed by atoms with Gasteiger partial charge in [0.05, 0.1) is 25.4 Å². The van der Waals surface area contributed by atoms with Crippen molar-refractivity contribution in [2.75, 3.05) is 20.8 Å². The van der Waals surface area contributed by atoms with Crippen LogP contribution in [0.2, 0.25) is 0 Å². The van der Waals surface area contributed by atoms with Gasteiger partial charge < -0.3 is 14.2 Å². The van der Waals surface area contributed by atoms with Gasteiger partial charge in [-0.1, -0.05) is 25.2 Å². The number of thiazole rings is 1. The second-order valence-electron chi connectivity index (χ2n) is 7.38. The van der Waals surface area contributed by atoms with Crippen molar-refractivity contribution >= 4 is 22.4 Å². The summed E-state index contributed by atoms with van der Waals surface area (Å²) in [5.41, 5.74) is 1.35. The van der Waals surface area contributed by atoms with Gasteiger partial charge in [-0.25, -0.2) is 0 Å². The van der Waals surface area contributed by atoms with E-state index < -0.39 is 0 Å². The third kappa shape index (κ3) is 4.39. The molecular weight excluding hydrogens is 414 g/mol. The third-order valence-corrected chi connectivity index (χ3v) is 5.56. The van der Waals surface area contributed by atoms with Gasteiger partial charge in [-0.3, -0.25) is 4.79 Å². The van der Waals surface area contributed by atoms with Crippen molar-refractivity contribution in [3.8, 4) is 28.6 Å². The van der Waals surface area contributed by atoms with Gasteiger partial charge in [-0.05, 0) is 54.5 Å². The Bertz CT molecular complexity index is 1310. The molecule has 2 aromatic heterocycles. The van der Waals surface area contributed by atoms with Crippen LogP contribution in [-0.4, -0.2) is 35.4 Å². The van der Waals surface area contributed by atoms with E-state index in [-0.39, 0.29) is 5.56 Å². The van der Waals surface area contributed by atoms with Gasteiger partial charge in [0, 0.05) is 11.1 Å². The summed E-state index contributed by atoms with van der Waals surface area (Å²) in [5.74, 6) is 3.10. The molecule has 0 saturated carbocycles. The van der Waals surface area contributed by atoms with Crippen molar-refractivity contribution in [1.82, 2.24) is 14.6 Å². The van der Waals surface area contributed by atoms with E-state index in [0.29, 0.717) is 39.3 Å². The Labute approximate surface area is 183 Å². The Hall–Kier alpha value is -3.39. The first-order chi connectivity index (χ1) is 15.0. The normalized spacial score (nSPS) is 12.0. The van der Waals surface area contributed by atoms with Crippen LogP contribution in [0.1, 0.15) is 19.4 Å². The number of benzene rings is 2. The minimum Gasteiger partial charge on any atom is -0.497 e. The van der Waals surface area contributed by atoms with Crippen LogP contribution in [0.25, 0.3) is 22.4 Å². The number of hydrogen-bond donors (Lipinski definition) is 0. The molecule has 0 aliphatic heterocycles. The summed E-state index contributed by atoms with van der Waals surface area (Å²) in [6, 6.07) is 13.0. The second kappa shape index (κ2) is 8.77. The van der Waals surface area contributed by atoms with Gasteiger partial charge >= 0.3 is 0 Å². The first kappa shape index (κ1) is 20.9. The summed E-state index contributed by atoms with van der Waals surface area (Å²) in [6.45, 7) is 4.87. The molecule has 4 aromatic rings. The minimum atomic E-state index is -0.222. The van der Waals surface area contributed by atoms with E-state index in [9.17, 15) is 4.79 Å². The van der Waals surface area contributed by atoms with Crippen LogP contribution < -0.4 is 24.3 Å². The molecule has 0 spiro atoms. The average molecular weight is 438 g/mol. The standard InChI is InChI=1S/C23H23N3O4S/c1-14(2)13-30-17-7-5-15(6-8-17)21-24-23-26(25-21)22(27)20(31-23)12-16-11-18(28-3)9-10-19(16)29-4/h5-12,14H,13H2,1-4H3/b20-12+. The molecule has 160 valence electrons. The maximum atomic E-state index is 12.9. The second-order valence-corrected chi connectivity index (χ2v) is 8.39. The lowest BCUT2D eigenvalue weighted by atomic mass is 10.2. The zero-order valence-electron chi connectivity index (χ0n) is 17.8. The number of aromatic nitrogens is 3. The highest BCUT2D eigenvalue weighted by Crippen LogP contribution is 2.25. The molecule has 0 bridgehead atoms. The molecule has 4 rings (SSSR count). The van der Waals surface area contributed by atoms with Crippen molar-refractivity contribution in [3.05, 3.63) is 62.9 Å². The molecule has 0 N–H and O–H groups in total. The van der Waals surface area contributed by atoms with Crippen LogP contribution in [0.4, 0.5) is 0 Å². The first-order valence-corrected chi connectivity index (χ1v) is 10.7. The van der Waals surface area contributed by atoms with E-state index in [1.165, 1.54) is 15.9 Å². The van der Waals surface area contributed by atoms with Crippen LogP contribution in [0, 0.1) is 5.92 Å². The summed E-state index contributed by atoms with van der Waals surface area (Å²) >= 11 is 1.28. The quantitative estimate of drug-likeness (QED) is 0.441. The lowest BCUT2D eigenvalue weighted by molar-refractivity contribution is 0.271. The number of ether oxygens (including phenoxy) is 3. The summed E-state index contributed by atoms with van der Waals surface area (Å²) in [6.07, 6.45) is 1.77. The predicted octanol–water partition coefficient (Wildman–Crippen LogP) is 3.42. The van der Waals surface area contributed by atoms with Crippen molar-refractivity contribution in [3.63, 3.8) is 0 Å². The lowest BCUT2D eigenvalue weighted by Gasteiger charge is -2.08. The summed E-state index contributed by atoms with van der Waals surface area (Å²) in [5, 5.41) is 4.41. The highest BCUT2D eigenvalue weighted by molar-refractivity contribution is 7.15. The number of fused-ring (bicyclic) bond motifs is 1. The number of rotatable bonds is 7. The molecule has 0 aliphatic carbocycles. The Morgan fingerprint density at radius 1 is 1.06 bits per heavy atom. The number of methoxy groups -OCH3 is 2. The van der Waals surface area contributed by atoms with Crippen molar-refractivity contribution in [1.29, 1.82) is 0 Å². The van der Waals surface area contributed by atoms with Crippen LogP contribution in [0.5, 0.6) is 17.2 Å². The van der Waals surface area contributed by atoms with Crippen LogP contribution >= 0.6 is 11.3 Å². The van der Waals surface area contributed by atoms with E-state index in [1.54, 1.807) is 26.4 Å². The smallest absolute Gasteiger partial charge is 0.291 e. The molecular formula is C23H23N3O4S. The minimum absolute atomic E-state index is 0.222. The zero-order chi connectivity index (χ0) is 22.0. The van der Waals surface area contributed by atoms with Crippen molar-refractivity contribution < 1.29 is 14.2 Å². The SMILES string of the molecule is COc1ccc(OC)c(/C=c2/sc3nc(-c4ccc(OCC(C)C)cc4)nn3c2=O)c1. The molecule has 0 radical (unpaired) electrons. The van der Waals surface area contributed by atoms with Gasteiger partial charge in [-0.2, -0.15) is 9.50 Å². The third-order valence-electron chi connectivity index (χ3n) is 4.60. The van der Waals surface area contributed by atoms with Crippen molar-refractivity contribution in [2.24, 2.45) is 5.92 Å². The molecule has 2 heterocycles. The van der Waals surface area contributed by atoms with Crippen LogP contribution in [0.15, 0.2) is 47.3 Å². The maximum absolute atomic E-state index is 12.9. The molecule has 7 nitrogen and oxygen atoms in total. The number of nitrogens with zero attached hydrogens (tertiary/aromatic N) is 3. The number of hydrogen-bond acceptors (Lipinski definition) is 7. The van der Waals surface area contributed by atoms with E-state index in [2.05, 4.69) is 23.9 Å². The van der Waals surface area contributed by atoms with Gasteiger partial charge in [0.2, 0.25) is 4.96 Å². The molecule has 0 atom stereocenters. The zero-order valence-corrected chi connectivity index (χ0v) is 18.6. The fraction of sp³-hybridized carbons (Fsp3) is 0.261. The molecule has 0 fully saturated rings. The molecule has 2 aromatic carbocycles. The largest absolute Gasteiger partial charge is 0.497 e. The van der Waals surface area contributed by atoms with E-state index >= 15 is 0 Å². The molecule has 0 saturated heterocycles. The van der Waals surface area contributed by atoms with E-state index in [1.807, 2.05) is 36.4 Å². The van der Waals surface area contributed by atoms with Gasteiger partial charge in [-0.15, -0.1) is 5.10 Å². The summed E-state index contributed by atoms with van der Waals surface area (Å²) in [4.78, 5) is 18.0. The fourth-order valence-electron chi connectivity index (χ4n) is 3.01. The molecule has 0 amide bonds. The average Bonchev–Trinajstić information content (AvgIpc) is 3.32. The Morgan fingerprint density at radius 2 is 1.81 bits per heavy atom. The van der Waals surface area contributed by atoms with Gasteiger partial charge in [0.25, 0.3) is 5.56 Å². The van der Waals surface area contributed by atoms with E-state index in [0.717, 1.165) is 16.9 Å². The highest BCUT2D eigenvalue weighted by atomic mass is 32.1. The van der Waals surface area contributed by atoms with Crippen LogP contribution in [0.3, 0.4) is 0 Å². The fourth-order valence-corrected chi connectivity index (χ4v) is 3.91. The van der Waals surface area contributed by atoms with E-state index in [4.69, 9.17) is 14.2 Å². The van der Waals surface area contributed by atoms with Gasteiger partial charge in [0.1, 0.15) is 17.2 Å². The van der Waals surface area contributed by atoms with Crippen LogP contribution in [-0.2, 0) is 0 Å². The molecule has 31 heavy (non-hydrogen) atoms. The Balaban J connectivity index is 1.66. The molecule has 0 unspecified atom stereocenters. The Morgan fingerprint density at radius 3 is 2.45 bits per heavy atom. The topological polar surface area (TPSA) is 74.9 Å².